The van der Waals surface area contributed by atoms with Gasteiger partial charge >= 0.3 is 0 Å². The van der Waals surface area contributed by atoms with Crippen LogP contribution in [0.2, 0.25) is 5.02 Å². The number of carbonyl (C=O) groups is 2. The monoisotopic (exact) mass is 414 g/mol. The van der Waals surface area contributed by atoms with E-state index in [0.717, 1.165) is 24.0 Å². The molecule has 0 radical (unpaired) electrons. The van der Waals surface area contributed by atoms with Crippen molar-refractivity contribution in [3.8, 4) is 5.75 Å². The molecular formula is C23H27ClN2O3. The van der Waals surface area contributed by atoms with Crippen LogP contribution in [0.1, 0.15) is 41.6 Å². The van der Waals surface area contributed by atoms with E-state index in [1.54, 1.807) is 6.07 Å². The normalized spacial score (nSPS) is 14.5. The Morgan fingerprint density at radius 2 is 1.90 bits per heavy atom. The summed E-state index contributed by atoms with van der Waals surface area (Å²) in [5.41, 5.74) is 1.81. The Bertz CT molecular complexity index is 848. The predicted octanol–water partition coefficient (Wildman–Crippen LogP) is 4.23. The topological polar surface area (TPSA) is 58.6 Å². The van der Waals surface area contributed by atoms with Crippen molar-refractivity contribution in [2.75, 3.05) is 19.7 Å². The quantitative estimate of drug-likeness (QED) is 0.690. The van der Waals surface area contributed by atoms with E-state index in [0.29, 0.717) is 43.3 Å². The highest BCUT2D eigenvalue weighted by molar-refractivity contribution is 6.32. The van der Waals surface area contributed by atoms with Crippen molar-refractivity contribution in [2.45, 2.75) is 38.6 Å². The van der Waals surface area contributed by atoms with Crippen LogP contribution in [0.4, 0.5) is 0 Å². The molecule has 0 aliphatic carbocycles. The Morgan fingerprint density at radius 1 is 1.14 bits per heavy atom. The first-order chi connectivity index (χ1) is 14.0. The Labute approximate surface area is 177 Å². The minimum absolute atomic E-state index is 0.0243. The zero-order valence-corrected chi connectivity index (χ0v) is 17.5. The first-order valence-electron chi connectivity index (χ1n) is 10.1. The molecule has 2 aromatic carbocycles. The molecule has 1 heterocycles. The number of likely N-dealkylation sites (tertiary alicyclic amines) is 1. The maximum atomic E-state index is 12.6. The molecule has 1 saturated heterocycles. The second-order valence-electron chi connectivity index (χ2n) is 7.39. The second-order valence-corrected chi connectivity index (χ2v) is 7.79. The Kier molecular flexibility index (Phi) is 7.53. The zero-order valence-electron chi connectivity index (χ0n) is 16.7. The van der Waals surface area contributed by atoms with Crippen LogP contribution in [-0.2, 0) is 4.79 Å². The van der Waals surface area contributed by atoms with Crippen molar-refractivity contribution < 1.29 is 14.3 Å². The number of nitrogens with one attached hydrogen (secondary N) is 1. The number of hydrogen-bond acceptors (Lipinski definition) is 3. The largest absolute Gasteiger partial charge is 0.492 e. The maximum absolute atomic E-state index is 12.6. The highest BCUT2D eigenvalue weighted by atomic mass is 35.5. The van der Waals surface area contributed by atoms with Crippen LogP contribution < -0.4 is 10.1 Å². The van der Waals surface area contributed by atoms with E-state index >= 15 is 0 Å². The van der Waals surface area contributed by atoms with Crippen LogP contribution in [-0.4, -0.2) is 42.5 Å². The molecule has 0 unspecified atom stereocenters. The lowest BCUT2D eigenvalue weighted by Gasteiger charge is -2.32. The molecule has 6 heteroatoms. The number of benzene rings is 2. The molecule has 1 aliphatic heterocycles. The molecule has 0 atom stereocenters. The van der Waals surface area contributed by atoms with Gasteiger partial charge in [-0.15, -0.1) is 0 Å². The SMILES string of the molecule is Cc1cccc(C(=O)N2CCC(NC(=O)CCCOc3ccccc3Cl)CC2)c1. The number of halogens is 1. The summed E-state index contributed by atoms with van der Waals surface area (Å²) in [4.78, 5) is 26.7. The molecular weight excluding hydrogens is 388 g/mol. The molecule has 0 aromatic heterocycles. The summed E-state index contributed by atoms with van der Waals surface area (Å²) in [5, 5.41) is 3.65. The van der Waals surface area contributed by atoms with Gasteiger partial charge in [0.05, 0.1) is 11.6 Å². The fourth-order valence-electron chi connectivity index (χ4n) is 3.46. The van der Waals surface area contributed by atoms with Crippen LogP contribution in [0.25, 0.3) is 0 Å². The first kappa shape index (κ1) is 21.2. The van der Waals surface area contributed by atoms with Crippen LogP contribution in [0.15, 0.2) is 48.5 Å². The number of rotatable bonds is 7. The molecule has 5 nitrogen and oxygen atoms in total. The van der Waals surface area contributed by atoms with Gasteiger partial charge in [-0.2, -0.15) is 0 Å². The Morgan fingerprint density at radius 3 is 2.62 bits per heavy atom. The number of piperidine rings is 1. The molecule has 0 spiro atoms. The van der Waals surface area contributed by atoms with Crippen molar-refractivity contribution in [3.63, 3.8) is 0 Å². The standard InChI is InChI=1S/C23H27ClN2O3/c1-17-6-4-7-18(16-17)23(28)26-13-11-19(12-14-26)25-22(27)10-5-15-29-21-9-3-2-8-20(21)24/h2-4,6-9,16,19H,5,10-15H2,1H3,(H,25,27). The molecule has 0 saturated carbocycles. The Hall–Kier alpha value is -2.53. The van der Waals surface area contributed by atoms with Crippen molar-refractivity contribution in [2.24, 2.45) is 0 Å². The average molecular weight is 415 g/mol. The maximum Gasteiger partial charge on any atom is 0.253 e. The molecule has 1 N–H and O–H groups in total. The van der Waals surface area contributed by atoms with Crippen molar-refractivity contribution >= 4 is 23.4 Å². The number of aryl methyl sites for hydroxylation is 1. The van der Waals surface area contributed by atoms with Gasteiger partial charge in [0.2, 0.25) is 5.91 Å². The minimum atomic E-state index is 0.0243. The summed E-state index contributed by atoms with van der Waals surface area (Å²) in [6.45, 7) is 3.75. The van der Waals surface area contributed by atoms with Gasteiger partial charge in [0.15, 0.2) is 0 Å². The lowest BCUT2D eigenvalue weighted by atomic mass is 10.0. The van der Waals surface area contributed by atoms with E-state index in [2.05, 4.69) is 5.32 Å². The Balaban J connectivity index is 1.35. The van der Waals surface area contributed by atoms with Gasteiger partial charge < -0.3 is 15.0 Å². The number of para-hydroxylation sites is 1. The summed E-state index contributed by atoms with van der Waals surface area (Å²) in [7, 11) is 0. The second kappa shape index (κ2) is 10.3. The number of hydrogen-bond donors (Lipinski definition) is 1. The third-order valence-electron chi connectivity index (χ3n) is 5.05. The van der Waals surface area contributed by atoms with Crippen molar-refractivity contribution in [1.82, 2.24) is 10.2 Å². The first-order valence-corrected chi connectivity index (χ1v) is 10.4. The highest BCUT2D eigenvalue weighted by Crippen LogP contribution is 2.23. The molecule has 0 bridgehead atoms. The summed E-state index contributed by atoms with van der Waals surface area (Å²) >= 11 is 6.04. The van der Waals surface area contributed by atoms with Gasteiger partial charge in [0.25, 0.3) is 5.91 Å². The molecule has 2 amide bonds. The summed E-state index contributed by atoms with van der Waals surface area (Å²) in [5.74, 6) is 0.728. The van der Waals surface area contributed by atoms with Gasteiger partial charge in [-0.05, 0) is 50.5 Å². The van der Waals surface area contributed by atoms with Crippen molar-refractivity contribution in [1.29, 1.82) is 0 Å². The molecule has 29 heavy (non-hydrogen) atoms. The van der Waals surface area contributed by atoms with Crippen LogP contribution in [0.5, 0.6) is 5.75 Å². The third-order valence-corrected chi connectivity index (χ3v) is 5.37. The highest BCUT2D eigenvalue weighted by Gasteiger charge is 2.24. The van der Waals surface area contributed by atoms with E-state index in [4.69, 9.17) is 16.3 Å². The fourth-order valence-corrected chi connectivity index (χ4v) is 3.65. The number of ether oxygens (including phenoxy) is 1. The van der Waals surface area contributed by atoms with Gasteiger partial charge in [0.1, 0.15) is 5.75 Å². The van der Waals surface area contributed by atoms with E-state index in [9.17, 15) is 9.59 Å². The van der Waals surface area contributed by atoms with E-state index in [1.807, 2.05) is 54.3 Å². The number of amides is 2. The summed E-state index contributed by atoms with van der Waals surface area (Å²) in [6, 6.07) is 15.1. The summed E-state index contributed by atoms with van der Waals surface area (Å²) < 4.78 is 5.61. The van der Waals surface area contributed by atoms with Gasteiger partial charge in [0, 0.05) is 31.1 Å². The van der Waals surface area contributed by atoms with Gasteiger partial charge in [-0.1, -0.05) is 41.4 Å². The lowest BCUT2D eigenvalue weighted by molar-refractivity contribution is -0.122. The van der Waals surface area contributed by atoms with Crippen LogP contribution in [0, 0.1) is 6.92 Å². The van der Waals surface area contributed by atoms with Crippen LogP contribution >= 0.6 is 11.6 Å². The smallest absolute Gasteiger partial charge is 0.253 e. The zero-order chi connectivity index (χ0) is 20.6. The third kappa shape index (κ3) is 6.23. The van der Waals surface area contributed by atoms with Crippen molar-refractivity contribution in [3.05, 3.63) is 64.7 Å². The van der Waals surface area contributed by atoms with E-state index < -0.39 is 0 Å². The van der Waals surface area contributed by atoms with Gasteiger partial charge in [-0.25, -0.2) is 0 Å². The van der Waals surface area contributed by atoms with Gasteiger partial charge in [-0.3, -0.25) is 9.59 Å². The molecule has 2 aromatic rings. The fraction of sp³-hybridized carbons (Fsp3) is 0.391. The molecule has 1 fully saturated rings. The van der Waals surface area contributed by atoms with Crippen LogP contribution in [0.3, 0.4) is 0 Å². The lowest BCUT2D eigenvalue weighted by Crippen LogP contribution is -2.46. The van der Waals surface area contributed by atoms with E-state index in [-0.39, 0.29) is 17.9 Å². The number of carbonyl (C=O) groups excluding carboxylic acids is 2. The summed E-state index contributed by atoms with van der Waals surface area (Å²) in [6.07, 6.45) is 2.59. The van der Waals surface area contributed by atoms with E-state index in [1.165, 1.54) is 0 Å². The molecule has 154 valence electrons. The molecule has 3 rings (SSSR count). The number of nitrogens with zero attached hydrogens (tertiary/aromatic N) is 1. The molecule has 1 aliphatic rings. The predicted molar refractivity (Wildman–Crippen MR) is 114 cm³/mol. The average Bonchev–Trinajstić information content (AvgIpc) is 2.72. The minimum Gasteiger partial charge on any atom is -0.492 e.